The third kappa shape index (κ3) is 4.33. The molecule has 1 heterocycles. The first-order valence-corrected chi connectivity index (χ1v) is 7.63. The van der Waals surface area contributed by atoms with Crippen LogP contribution >= 0.6 is 0 Å². The fourth-order valence-corrected chi connectivity index (χ4v) is 2.44. The second kappa shape index (κ2) is 7.46. The van der Waals surface area contributed by atoms with Crippen LogP contribution in [0.5, 0.6) is 0 Å². The molecular weight excluding hydrogens is 286 g/mol. The van der Waals surface area contributed by atoms with Crippen LogP contribution < -0.4 is 5.32 Å². The molecule has 0 saturated heterocycles. The molecule has 0 aliphatic rings. The maximum atomic E-state index is 12.2. The summed E-state index contributed by atoms with van der Waals surface area (Å²) in [5.74, 6) is -0.355. The number of hydrogen-bond donors (Lipinski definition) is 1. The molecule has 1 aromatic heterocycles. The predicted molar refractivity (Wildman–Crippen MR) is 91.4 cm³/mol. The van der Waals surface area contributed by atoms with Gasteiger partial charge in [0.1, 0.15) is 11.6 Å². The predicted octanol–water partition coefficient (Wildman–Crippen LogP) is 3.60. The Morgan fingerprint density at radius 1 is 1.35 bits per heavy atom. The summed E-state index contributed by atoms with van der Waals surface area (Å²) in [7, 11) is 0. The van der Waals surface area contributed by atoms with Gasteiger partial charge in [-0.1, -0.05) is 30.3 Å². The Bertz CT molecular complexity index is 749. The Morgan fingerprint density at radius 3 is 2.61 bits per heavy atom. The third-order valence-corrected chi connectivity index (χ3v) is 3.60. The first-order chi connectivity index (χ1) is 11.0. The Morgan fingerprint density at radius 2 is 2.04 bits per heavy atom. The van der Waals surface area contributed by atoms with Crippen molar-refractivity contribution in [2.24, 2.45) is 0 Å². The minimum atomic E-state index is -0.355. The van der Waals surface area contributed by atoms with Crippen molar-refractivity contribution in [1.29, 1.82) is 5.26 Å². The smallest absolute Gasteiger partial charge is 0.262 e. The molecular formula is C19H21N3O. The molecule has 0 unspecified atom stereocenters. The fourth-order valence-electron chi connectivity index (χ4n) is 2.44. The minimum Gasteiger partial charge on any atom is -0.349 e. The third-order valence-electron chi connectivity index (χ3n) is 3.60. The molecule has 23 heavy (non-hydrogen) atoms. The van der Waals surface area contributed by atoms with Gasteiger partial charge in [-0.2, -0.15) is 5.26 Å². The molecule has 4 nitrogen and oxygen atoms in total. The standard InChI is InChI=1S/C19H21N3O/c1-14(2)22-13-17(9-15(22)3)10-18(11-20)19(23)21-12-16-7-5-4-6-8-16/h4-10,13-14H,12H2,1-3H3,(H,21,23)/b18-10+. The molecule has 0 aliphatic carbocycles. The van der Waals surface area contributed by atoms with Crippen molar-refractivity contribution >= 4 is 12.0 Å². The van der Waals surface area contributed by atoms with Gasteiger partial charge in [-0.05, 0) is 44.0 Å². The molecule has 0 atom stereocenters. The molecule has 0 saturated carbocycles. The SMILES string of the molecule is Cc1cc(/C=C(\C#N)C(=O)NCc2ccccc2)cn1C(C)C. The maximum Gasteiger partial charge on any atom is 0.262 e. The van der Waals surface area contributed by atoms with Crippen molar-refractivity contribution in [3.63, 3.8) is 0 Å². The molecule has 0 spiro atoms. The molecule has 1 amide bonds. The molecule has 1 N–H and O–H groups in total. The van der Waals surface area contributed by atoms with Crippen LogP contribution in [0.25, 0.3) is 6.08 Å². The number of benzene rings is 1. The molecule has 0 fully saturated rings. The lowest BCUT2D eigenvalue weighted by Gasteiger charge is -2.08. The zero-order chi connectivity index (χ0) is 16.8. The van der Waals surface area contributed by atoms with Crippen LogP contribution in [-0.2, 0) is 11.3 Å². The van der Waals surface area contributed by atoms with Gasteiger partial charge in [-0.15, -0.1) is 0 Å². The topological polar surface area (TPSA) is 57.8 Å². The fraction of sp³-hybridized carbons (Fsp3) is 0.263. The van der Waals surface area contributed by atoms with Crippen molar-refractivity contribution in [1.82, 2.24) is 9.88 Å². The van der Waals surface area contributed by atoms with Gasteiger partial charge in [-0.3, -0.25) is 4.79 Å². The van der Waals surface area contributed by atoms with Gasteiger partial charge in [0, 0.05) is 24.5 Å². The van der Waals surface area contributed by atoms with Gasteiger partial charge < -0.3 is 9.88 Å². The monoisotopic (exact) mass is 307 g/mol. The number of carbonyl (C=O) groups excluding carboxylic acids is 1. The van der Waals surface area contributed by atoms with Gasteiger partial charge in [0.25, 0.3) is 5.91 Å². The van der Waals surface area contributed by atoms with Gasteiger partial charge in [0.2, 0.25) is 0 Å². The van der Waals surface area contributed by atoms with Crippen LogP contribution in [0, 0.1) is 18.3 Å². The van der Waals surface area contributed by atoms with Crippen LogP contribution in [0.2, 0.25) is 0 Å². The number of nitrogens with zero attached hydrogens (tertiary/aromatic N) is 2. The average molecular weight is 307 g/mol. The van der Waals surface area contributed by atoms with E-state index < -0.39 is 0 Å². The number of aromatic nitrogens is 1. The highest BCUT2D eigenvalue weighted by Gasteiger charge is 2.10. The number of nitrogens with one attached hydrogen (secondary N) is 1. The Balaban J connectivity index is 2.11. The van der Waals surface area contributed by atoms with Crippen LogP contribution in [0.15, 0.2) is 48.2 Å². The van der Waals surface area contributed by atoms with E-state index in [1.165, 1.54) is 0 Å². The summed E-state index contributed by atoms with van der Waals surface area (Å²) < 4.78 is 2.11. The molecule has 2 rings (SSSR count). The van der Waals surface area contributed by atoms with E-state index in [1.807, 2.05) is 55.6 Å². The van der Waals surface area contributed by atoms with Crippen molar-refractivity contribution in [3.8, 4) is 6.07 Å². The van der Waals surface area contributed by atoms with Gasteiger partial charge >= 0.3 is 0 Å². The number of nitriles is 1. The number of carbonyl (C=O) groups is 1. The second-order valence-electron chi connectivity index (χ2n) is 5.75. The molecule has 0 radical (unpaired) electrons. The van der Waals surface area contributed by atoms with Crippen molar-refractivity contribution in [2.45, 2.75) is 33.4 Å². The molecule has 4 heteroatoms. The minimum absolute atomic E-state index is 0.113. The molecule has 1 aromatic carbocycles. The lowest BCUT2D eigenvalue weighted by Crippen LogP contribution is -2.23. The Kier molecular flexibility index (Phi) is 5.37. The van der Waals surface area contributed by atoms with E-state index in [9.17, 15) is 10.1 Å². The summed E-state index contributed by atoms with van der Waals surface area (Å²) in [5.41, 5.74) is 3.08. The molecule has 118 valence electrons. The van der Waals surface area contributed by atoms with Crippen molar-refractivity contribution in [2.75, 3.05) is 0 Å². The largest absolute Gasteiger partial charge is 0.349 e. The molecule has 0 aliphatic heterocycles. The van der Waals surface area contributed by atoms with Crippen LogP contribution in [-0.4, -0.2) is 10.5 Å². The molecule has 0 bridgehead atoms. The summed E-state index contributed by atoms with van der Waals surface area (Å²) >= 11 is 0. The van der Waals surface area contributed by atoms with E-state index in [2.05, 4.69) is 23.7 Å². The number of rotatable bonds is 5. The summed E-state index contributed by atoms with van der Waals surface area (Å²) in [6, 6.07) is 13.9. The van der Waals surface area contributed by atoms with Crippen LogP contribution in [0.1, 0.15) is 36.7 Å². The highest BCUT2D eigenvalue weighted by Crippen LogP contribution is 2.16. The van der Waals surface area contributed by atoms with E-state index in [1.54, 1.807) is 6.08 Å². The molecule has 2 aromatic rings. The normalized spacial score (nSPS) is 11.3. The number of amides is 1. The van der Waals surface area contributed by atoms with E-state index >= 15 is 0 Å². The number of aryl methyl sites for hydroxylation is 1. The maximum absolute atomic E-state index is 12.2. The Hall–Kier alpha value is -2.80. The van der Waals surface area contributed by atoms with Crippen molar-refractivity contribution < 1.29 is 4.79 Å². The zero-order valence-electron chi connectivity index (χ0n) is 13.7. The van der Waals surface area contributed by atoms with Gasteiger partial charge in [0.15, 0.2) is 0 Å². The van der Waals surface area contributed by atoms with Gasteiger partial charge in [0.05, 0.1) is 0 Å². The first-order valence-electron chi connectivity index (χ1n) is 7.63. The first kappa shape index (κ1) is 16.6. The number of hydrogen-bond acceptors (Lipinski definition) is 2. The van der Waals surface area contributed by atoms with E-state index in [-0.39, 0.29) is 11.5 Å². The summed E-state index contributed by atoms with van der Waals surface area (Å²) in [6.07, 6.45) is 3.59. The Labute approximate surface area is 137 Å². The lowest BCUT2D eigenvalue weighted by atomic mass is 10.1. The van der Waals surface area contributed by atoms with Crippen molar-refractivity contribution in [3.05, 3.63) is 65.0 Å². The highest BCUT2D eigenvalue weighted by atomic mass is 16.1. The zero-order valence-corrected chi connectivity index (χ0v) is 13.7. The average Bonchev–Trinajstić information content (AvgIpc) is 2.92. The van der Waals surface area contributed by atoms with Gasteiger partial charge in [-0.25, -0.2) is 0 Å². The summed E-state index contributed by atoms with van der Waals surface area (Å²) in [6.45, 7) is 6.61. The van der Waals surface area contributed by atoms with E-state index in [0.29, 0.717) is 12.6 Å². The quantitative estimate of drug-likeness (QED) is 0.678. The summed E-state index contributed by atoms with van der Waals surface area (Å²) in [4.78, 5) is 12.2. The lowest BCUT2D eigenvalue weighted by molar-refractivity contribution is -0.117. The highest BCUT2D eigenvalue weighted by molar-refractivity contribution is 6.01. The van der Waals surface area contributed by atoms with Crippen LogP contribution in [0.4, 0.5) is 0 Å². The van der Waals surface area contributed by atoms with E-state index in [0.717, 1.165) is 16.8 Å². The second-order valence-corrected chi connectivity index (χ2v) is 5.75. The van der Waals surface area contributed by atoms with E-state index in [4.69, 9.17) is 0 Å². The summed E-state index contributed by atoms with van der Waals surface area (Å²) in [5, 5.41) is 12.0. The van der Waals surface area contributed by atoms with Crippen LogP contribution in [0.3, 0.4) is 0 Å².